The van der Waals surface area contributed by atoms with Gasteiger partial charge in [0.2, 0.25) is 0 Å². The maximum atomic E-state index is 13.5. The SMILES string of the molecule is C[C@@H]1CCCN1Cc1sc(NC(=O)c2cnc(N3CCC(C(=O)O)CC3)cn2)nc1-c1cc(Cl)cc(CF)c1. The monoisotopic (exact) mass is 572 g/mol. The number of thiazole rings is 1. The average molecular weight is 573 g/mol. The molecule has 1 atom stereocenters. The van der Waals surface area contributed by atoms with E-state index in [1.165, 1.54) is 23.7 Å². The van der Waals surface area contributed by atoms with E-state index in [1.54, 1.807) is 18.2 Å². The summed E-state index contributed by atoms with van der Waals surface area (Å²) >= 11 is 7.66. The van der Waals surface area contributed by atoms with Gasteiger partial charge in [-0.25, -0.2) is 19.3 Å². The Morgan fingerprint density at radius 2 is 1.95 bits per heavy atom. The molecule has 1 aromatic carbocycles. The number of rotatable bonds is 8. The van der Waals surface area contributed by atoms with Gasteiger partial charge in [0.15, 0.2) is 5.13 Å². The van der Waals surface area contributed by atoms with Crippen molar-refractivity contribution in [2.45, 2.75) is 51.9 Å². The molecule has 1 amide bonds. The lowest BCUT2D eigenvalue weighted by Crippen LogP contribution is -2.36. The summed E-state index contributed by atoms with van der Waals surface area (Å²) in [6.07, 6.45) is 6.31. The molecule has 0 radical (unpaired) electrons. The molecule has 2 N–H and O–H groups in total. The number of aromatic nitrogens is 3. The second kappa shape index (κ2) is 11.9. The van der Waals surface area contributed by atoms with E-state index in [9.17, 15) is 19.1 Å². The molecule has 5 rings (SSSR count). The van der Waals surface area contributed by atoms with E-state index in [4.69, 9.17) is 16.6 Å². The van der Waals surface area contributed by atoms with Crippen molar-refractivity contribution in [2.24, 2.45) is 5.92 Å². The first-order valence-electron chi connectivity index (χ1n) is 13.0. The Labute approximate surface area is 235 Å². The first-order chi connectivity index (χ1) is 18.8. The summed E-state index contributed by atoms with van der Waals surface area (Å²) in [4.78, 5) is 42.9. The Hall–Kier alpha value is -3.15. The van der Waals surface area contributed by atoms with Gasteiger partial charge in [-0.1, -0.05) is 22.9 Å². The molecular weight excluding hydrogens is 543 g/mol. The van der Waals surface area contributed by atoms with Crippen molar-refractivity contribution in [1.29, 1.82) is 0 Å². The van der Waals surface area contributed by atoms with Crippen LogP contribution in [0.4, 0.5) is 15.3 Å². The van der Waals surface area contributed by atoms with Crippen molar-refractivity contribution in [3.63, 3.8) is 0 Å². The summed E-state index contributed by atoms with van der Waals surface area (Å²) in [6, 6.07) is 5.55. The largest absolute Gasteiger partial charge is 0.481 e. The molecule has 0 aliphatic carbocycles. The third-order valence-corrected chi connectivity index (χ3v) is 8.55. The van der Waals surface area contributed by atoms with E-state index in [0.717, 1.165) is 24.3 Å². The maximum Gasteiger partial charge on any atom is 0.306 e. The molecule has 3 aromatic rings. The van der Waals surface area contributed by atoms with Gasteiger partial charge < -0.3 is 10.0 Å². The predicted octanol–water partition coefficient (Wildman–Crippen LogP) is 5.26. The van der Waals surface area contributed by atoms with E-state index >= 15 is 0 Å². The van der Waals surface area contributed by atoms with E-state index < -0.39 is 18.6 Å². The molecule has 4 heterocycles. The Balaban J connectivity index is 1.33. The number of nitrogens with zero attached hydrogens (tertiary/aromatic N) is 5. The van der Waals surface area contributed by atoms with Gasteiger partial charge in [-0.05, 0) is 62.9 Å². The van der Waals surface area contributed by atoms with E-state index in [1.807, 2.05) is 4.90 Å². The van der Waals surface area contributed by atoms with E-state index in [0.29, 0.717) is 71.3 Å². The average Bonchev–Trinajstić information content (AvgIpc) is 3.53. The van der Waals surface area contributed by atoms with Crippen molar-refractivity contribution in [3.05, 3.63) is 51.7 Å². The zero-order valence-corrected chi connectivity index (χ0v) is 23.1. The Bertz CT molecular complexity index is 1350. The molecule has 2 aromatic heterocycles. The number of carboxylic acids is 1. The van der Waals surface area contributed by atoms with Crippen molar-refractivity contribution < 1.29 is 19.1 Å². The van der Waals surface area contributed by atoms with Gasteiger partial charge in [0.05, 0.1) is 24.0 Å². The highest BCUT2D eigenvalue weighted by atomic mass is 35.5. The van der Waals surface area contributed by atoms with Crippen molar-refractivity contribution in [1.82, 2.24) is 19.9 Å². The first-order valence-corrected chi connectivity index (χ1v) is 14.2. The first kappa shape index (κ1) is 27.4. The Morgan fingerprint density at radius 3 is 2.59 bits per heavy atom. The molecule has 206 valence electrons. The molecule has 2 aliphatic heterocycles. The number of carbonyl (C=O) groups excluding carboxylic acids is 1. The highest BCUT2D eigenvalue weighted by Crippen LogP contribution is 2.36. The Morgan fingerprint density at radius 1 is 1.15 bits per heavy atom. The van der Waals surface area contributed by atoms with Crippen molar-refractivity contribution >= 4 is 45.8 Å². The zero-order chi connectivity index (χ0) is 27.5. The fraction of sp³-hybridized carbons (Fsp3) is 0.444. The van der Waals surface area contributed by atoms with Gasteiger partial charge >= 0.3 is 5.97 Å². The van der Waals surface area contributed by atoms with Crippen LogP contribution < -0.4 is 10.2 Å². The summed E-state index contributed by atoms with van der Waals surface area (Å²) in [6.45, 7) is 4.38. The lowest BCUT2D eigenvalue weighted by atomic mass is 9.97. The van der Waals surface area contributed by atoms with Gasteiger partial charge in [0.25, 0.3) is 5.91 Å². The summed E-state index contributed by atoms with van der Waals surface area (Å²) in [5, 5.41) is 12.9. The lowest BCUT2D eigenvalue weighted by molar-refractivity contribution is -0.142. The minimum absolute atomic E-state index is 0.146. The fourth-order valence-electron chi connectivity index (χ4n) is 5.13. The molecule has 39 heavy (non-hydrogen) atoms. The summed E-state index contributed by atoms with van der Waals surface area (Å²) in [7, 11) is 0. The number of anilines is 2. The molecule has 2 fully saturated rings. The van der Waals surface area contributed by atoms with Crippen LogP contribution in [-0.4, -0.2) is 62.5 Å². The third-order valence-electron chi connectivity index (χ3n) is 7.38. The molecular formula is C27H30ClFN6O3S. The molecule has 0 saturated carbocycles. The number of hydrogen-bond acceptors (Lipinski definition) is 8. The zero-order valence-electron chi connectivity index (χ0n) is 21.6. The molecule has 2 saturated heterocycles. The van der Waals surface area contributed by atoms with Crippen LogP contribution in [0.1, 0.15) is 53.5 Å². The smallest absolute Gasteiger partial charge is 0.306 e. The quantitative estimate of drug-likeness (QED) is 0.376. The minimum Gasteiger partial charge on any atom is -0.481 e. The van der Waals surface area contributed by atoms with Crippen LogP contribution in [0.25, 0.3) is 11.3 Å². The fourth-order valence-corrected chi connectivity index (χ4v) is 6.40. The molecule has 9 nitrogen and oxygen atoms in total. The Kier molecular flexibility index (Phi) is 8.39. The number of alkyl halides is 1. The number of halogens is 2. The molecule has 2 aliphatic rings. The minimum atomic E-state index is -0.769. The van der Waals surface area contributed by atoms with Gasteiger partial charge in [-0.2, -0.15) is 0 Å². The third kappa shape index (κ3) is 6.37. The van der Waals surface area contributed by atoms with Gasteiger partial charge in [-0.3, -0.25) is 19.8 Å². The molecule has 0 bridgehead atoms. The normalized spacial score (nSPS) is 18.4. The highest BCUT2D eigenvalue weighted by Gasteiger charge is 2.26. The van der Waals surface area contributed by atoms with Gasteiger partial charge in [-0.15, -0.1) is 0 Å². The summed E-state index contributed by atoms with van der Waals surface area (Å²) in [5.41, 5.74) is 2.01. The second-order valence-corrected chi connectivity index (χ2v) is 11.6. The number of piperidine rings is 1. The number of benzene rings is 1. The molecule has 0 spiro atoms. The van der Waals surface area contributed by atoms with Gasteiger partial charge in [0.1, 0.15) is 18.2 Å². The van der Waals surface area contributed by atoms with Gasteiger partial charge in [0, 0.05) is 41.1 Å². The number of amides is 1. The van der Waals surface area contributed by atoms with Crippen LogP contribution in [0.15, 0.2) is 30.6 Å². The van der Waals surface area contributed by atoms with Crippen LogP contribution >= 0.6 is 22.9 Å². The number of hydrogen-bond donors (Lipinski definition) is 2. The second-order valence-electron chi connectivity index (χ2n) is 10.0. The van der Waals surface area contributed by atoms with Crippen LogP contribution in [0.3, 0.4) is 0 Å². The number of aliphatic carboxylic acids is 1. The van der Waals surface area contributed by atoms with E-state index in [-0.39, 0.29) is 11.6 Å². The topological polar surface area (TPSA) is 112 Å². The molecule has 0 unspecified atom stereocenters. The lowest BCUT2D eigenvalue weighted by Gasteiger charge is -2.30. The highest BCUT2D eigenvalue weighted by molar-refractivity contribution is 7.16. The van der Waals surface area contributed by atoms with Crippen LogP contribution in [0, 0.1) is 5.92 Å². The number of carboxylic acid groups (broad SMARTS) is 1. The van der Waals surface area contributed by atoms with E-state index in [2.05, 4.69) is 27.1 Å². The van der Waals surface area contributed by atoms with Crippen LogP contribution in [-0.2, 0) is 18.0 Å². The number of likely N-dealkylation sites (tertiary alicyclic amines) is 1. The number of nitrogens with one attached hydrogen (secondary N) is 1. The number of carbonyl (C=O) groups is 2. The standard InChI is InChI=1S/C27H30ClFN6O3S/c1-16-3-2-6-35(16)15-22-24(19-9-17(12-29)10-20(28)11-19)32-27(39-22)33-25(36)21-13-31-23(14-30-21)34-7-4-18(5-8-34)26(37)38/h9-11,13-14,16,18H,2-8,12,15H2,1H3,(H,37,38)(H,32,33,36)/t16-/m1/s1. The summed E-state index contributed by atoms with van der Waals surface area (Å²) < 4.78 is 13.5. The van der Waals surface area contributed by atoms with Crippen molar-refractivity contribution in [2.75, 3.05) is 29.9 Å². The predicted molar refractivity (Wildman–Crippen MR) is 149 cm³/mol. The molecule has 12 heteroatoms. The van der Waals surface area contributed by atoms with Crippen LogP contribution in [0.2, 0.25) is 5.02 Å². The summed E-state index contributed by atoms with van der Waals surface area (Å²) in [5.74, 6) is -0.931. The van der Waals surface area contributed by atoms with Crippen LogP contribution in [0.5, 0.6) is 0 Å². The maximum absolute atomic E-state index is 13.5. The van der Waals surface area contributed by atoms with Crippen molar-refractivity contribution in [3.8, 4) is 11.3 Å².